The number of alkyl halides is 2. The van der Waals surface area contributed by atoms with Gasteiger partial charge in [-0.3, -0.25) is 0 Å². The van der Waals surface area contributed by atoms with Crippen LogP contribution in [0.1, 0.15) is 18.9 Å². The van der Waals surface area contributed by atoms with E-state index in [1.807, 2.05) is 6.92 Å². The van der Waals surface area contributed by atoms with Crippen LogP contribution in [0.25, 0.3) is 0 Å². The summed E-state index contributed by atoms with van der Waals surface area (Å²) >= 11 is 5.92. The molecule has 1 fully saturated rings. The lowest BCUT2D eigenvalue weighted by atomic mass is 10.1. The molecule has 2 N–H and O–H groups in total. The maximum atomic E-state index is 12.5. The molecule has 0 amide bonds. The molecule has 1 unspecified atom stereocenters. The first-order valence-electron chi connectivity index (χ1n) is 8.25. The van der Waals surface area contributed by atoms with Gasteiger partial charge in [-0.15, -0.1) is 24.0 Å². The second-order valence-electron chi connectivity index (χ2n) is 5.98. The van der Waals surface area contributed by atoms with E-state index in [1.54, 1.807) is 0 Å². The summed E-state index contributed by atoms with van der Waals surface area (Å²) in [6, 6.07) is 4.37. The monoisotopic (exact) mass is 537 g/mol. The first-order chi connectivity index (χ1) is 12.3. The molecule has 1 atom stereocenters. The van der Waals surface area contributed by atoms with Gasteiger partial charge in [0, 0.05) is 23.7 Å². The van der Waals surface area contributed by atoms with Crippen molar-refractivity contribution in [1.29, 1.82) is 0 Å². The lowest BCUT2D eigenvalue weighted by molar-refractivity contribution is -0.0504. The van der Waals surface area contributed by atoms with E-state index in [9.17, 15) is 17.2 Å². The van der Waals surface area contributed by atoms with Gasteiger partial charge in [0.2, 0.25) is 0 Å². The molecule has 0 spiro atoms. The van der Waals surface area contributed by atoms with E-state index in [0.717, 1.165) is 0 Å². The van der Waals surface area contributed by atoms with E-state index in [1.165, 1.54) is 18.2 Å². The molecule has 1 aliphatic heterocycles. The van der Waals surface area contributed by atoms with Crippen LogP contribution in [0.15, 0.2) is 23.2 Å². The summed E-state index contributed by atoms with van der Waals surface area (Å²) in [4.78, 5) is 4.35. The zero-order valence-corrected chi connectivity index (χ0v) is 18.7. The number of sulfone groups is 1. The molecular formula is C16H23ClF2IN3O3S. The maximum Gasteiger partial charge on any atom is 0.387 e. The standard InChI is InChI=1S/C16H22ClF2N3O3S.HI/c1-2-20-16(21-8-11-5-6-26(23,24)10-11)22-9-12-7-13(17)3-4-14(12)25-15(18)19;/h3-4,7,11,15H,2,5-6,8-10H2,1H3,(H2,20,21,22);1H. The number of rotatable bonds is 7. The number of nitrogens with zero attached hydrogens (tertiary/aromatic N) is 1. The van der Waals surface area contributed by atoms with Gasteiger partial charge < -0.3 is 15.4 Å². The van der Waals surface area contributed by atoms with E-state index < -0.39 is 16.4 Å². The van der Waals surface area contributed by atoms with Crippen LogP contribution in [0, 0.1) is 5.92 Å². The predicted molar refractivity (Wildman–Crippen MR) is 113 cm³/mol. The summed E-state index contributed by atoms with van der Waals surface area (Å²) in [7, 11) is -2.94. The molecule has 6 nitrogen and oxygen atoms in total. The van der Waals surface area contributed by atoms with E-state index >= 15 is 0 Å². The molecule has 0 radical (unpaired) electrons. The van der Waals surface area contributed by atoms with Crippen LogP contribution in [-0.2, 0) is 16.4 Å². The van der Waals surface area contributed by atoms with Crippen molar-refractivity contribution in [1.82, 2.24) is 10.6 Å². The molecular weight excluding hydrogens is 515 g/mol. The second kappa shape index (κ2) is 11.2. The smallest absolute Gasteiger partial charge is 0.387 e. The molecule has 0 saturated carbocycles. The highest BCUT2D eigenvalue weighted by atomic mass is 127. The topological polar surface area (TPSA) is 79.8 Å². The van der Waals surface area contributed by atoms with Gasteiger partial charge in [0.15, 0.2) is 15.8 Å². The molecule has 0 aliphatic carbocycles. The predicted octanol–water partition coefficient (Wildman–Crippen LogP) is 3.05. The zero-order valence-electron chi connectivity index (χ0n) is 14.8. The van der Waals surface area contributed by atoms with Crippen molar-refractivity contribution in [2.24, 2.45) is 10.9 Å². The van der Waals surface area contributed by atoms with Gasteiger partial charge in [-0.2, -0.15) is 8.78 Å². The molecule has 1 aromatic carbocycles. The largest absolute Gasteiger partial charge is 0.434 e. The lowest BCUT2D eigenvalue weighted by Gasteiger charge is -2.15. The summed E-state index contributed by atoms with van der Waals surface area (Å²) in [6.07, 6.45) is 0.620. The van der Waals surface area contributed by atoms with Crippen molar-refractivity contribution < 1.29 is 21.9 Å². The van der Waals surface area contributed by atoms with Crippen LogP contribution in [0.2, 0.25) is 5.02 Å². The molecule has 2 rings (SSSR count). The van der Waals surface area contributed by atoms with Crippen molar-refractivity contribution in [2.75, 3.05) is 24.6 Å². The Morgan fingerprint density at radius 2 is 2.15 bits per heavy atom. The Hall–Kier alpha value is -0.880. The Morgan fingerprint density at radius 3 is 2.74 bits per heavy atom. The third-order valence-corrected chi connectivity index (χ3v) is 5.95. The first-order valence-corrected chi connectivity index (χ1v) is 10.4. The van der Waals surface area contributed by atoms with Gasteiger partial charge in [0.25, 0.3) is 0 Å². The molecule has 1 heterocycles. The van der Waals surface area contributed by atoms with Crippen LogP contribution >= 0.6 is 35.6 Å². The normalized spacial score (nSPS) is 18.9. The van der Waals surface area contributed by atoms with Crippen LogP contribution in [-0.4, -0.2) is 45.6 Å². The number of aliphatic imine (C=N–C) groups is 1. The minimum atomic E-state index is -2.94. The molecule has 0 bridgehead atoms. The quantitative estimate of drug-likeness (QED) is 0.318. The molecule has 1 saturated heterocycles. The second-order valence-corrected chi connectivity index (χ2v) is 8.64. The summed E-state index contributed by atoms with van der Waals surface area (Å²) in [6.45, 7) is 0.115. The Morgan fingerprint density at radius 1 is 1.41 bits per heavy atom. The van der Waals surface area contributed by atoms with Crippen molar-refractivity contribution in [2.45, 2.75) is 26.5 Å². The van der Waals surface area contributed by atoms with Crippen molar-refractivity contribution in [3.63, 3.8) is 0 Å². The maximum absolute atomic E-state index is 12.5. The Balaban J connectivity index is 0.00000364. The fourth-order valence-corrected chi connectivity index (χ4v) is 4.72. The van der Waals surface area contributed by atoms with Crippen LogP contribution in [0.4, 0.5) is 8.78 Å². The number of hydrogen-bond acceptors (Lipinski definition) is 4. The minimum absolute atomic E-state index is 0. The van der Waals surface area contributed by atoms with Crippen LogP contribution < -0.4 is 15.4 Å². The van der Waals surface area contributed by atoms with Gasteiger partial charge in [-0.05, 0) is 37.5 Å². The Bertz CT molecular complexity index is 750. The average Bonchev–Trinajstić information content (AvgIpc) is 2.91. The van der Waals surface area contributed by atoms with Gasteiger partial charge in [-0.1, -0.05) is 11.6 Å². The van der Waals surface area contributed by atoms with E-state index in [-0.39, 0.29) is 53.7 Å². The van der Waals surface area contributed by atoms with E-state index in [2.05, 4.69) is 20.4 Å². The SMILES string of the molecule is CCNC(=NCc1cc(Cl)ccc1OC(F)F)NCC1CCS(=O)(=O)C1.I. The molecule has 27 heavy (non-hydrogen) atoms. The first kappa shape index (κ1) is 24.2. The molecule has 11 heteroatoms. The molecule has 1 aliphatic rings. The van der Waals surface area contributed by atoms with E-state index in [0.29, 0.717) is 36.1 Å². The molecule has 1 aromatic rings. The molecule has 0 aromatic heterocycles. The summed E-state index contributed by atoms with van der Waals surface area (Å²) < 4.78 is 52.5. The van der Waals surface area contributed by atoms with Gasteiger partial charge in [0.1, 0.15) is 5.75 Å². The third kappa shape index (κ3) is 8.34. The number of hydrogen-bond donors (Lipinski definition) is 2. The highest BCUT2D eigenvalue weighted by Gasteiger charge is 2.27. The highest BCUT2D eigenvalue weighted by Crippen LogP contribution is 2.25. The average molecular weight is 538 g/mol. The van der Waals surface area contributed by atoms with Crippen LogP contribution in [0.3, 0.4) is 0 Å². The van der Waals surface area contributed by atoms with Gasteiger partial charge >= 0.3 is 6.61 Å². The van der Waals surface area contributed by atoms with E-state index in [4.69, 9.17) is 11.6 Å². The number of benzene rings is 1. The van der Waals surface area contributed by atoms with Crippen molar-refractivity contribution >= 4 is 51.4 Å². The fourth-order valence-electron chi connectivity index (χ4n) is 2.66. The summed E-state index contributed by atoms with van der Waals surface area (Å²) in [5.74, 6) is 0.905. The number of ether oxygens (including phenoxy) is 1. The highest BCUT2D eigenvalue weighted by molar-refractivity contribution is 14.0. The number of guanidine groups is 1. The summed E-state index contributed by atoms with van der Waals surface area (Å²) in [5, 5.41) is 6.53. The lowest BCUT2D eigenvalue weighted by Crippen LogP contribution is -2.40. The number of halogens is 4. The Labute approximate surface area is 180 Å². The fraction of sp³-hybridized carbons (Fsp3) is 0.562. The molecule has 154 valence electrons. The van der Waals surface area contributed by atoms with Gasteiger partial charge in [-0.25, -0.2) is 13.4 Å². The minimum Gasteiger partial charge on any atom is -0.434 e. The van der Waals surface area contributed by atoms with Crippen LogP contribution in [0.5, 0.6) is 5.75 Å². The zero-order chi connectivity index (χ0) is 19.2. The third-order valence-electron chi connectivity index (χ3n) is 3.88. The van der Waals surface area contributed by atoms with Crippen molar-refractivity contribution in [3.8, 4) is 5.75 Å². The number of nitrogens with one attached hydrogen (secondary N) is 2. The Kier molecular flexibility index (Phi) is 10.0. The van der Waals surface area contributed by atoms with Crippen molar-refractivity contribution in [3.05, 3.63) is 28.8 Å². The van der Waals surface area contributed by atoms with Gasteiger partial charge in [0.05, 0.1) is 18.1 Å². The summed E-state index contributed by atoms with van der Waals surface area (Å²) in [5.41, 5.74) is 0.429.